The fraction of sp³-hybridized carbons (Fsp3) is 0.250. The lowest BCUT2D eigenvalue weighted by Gasteiger charge is -2.04. The molecule has 1 saturated carbocycles. The lowest BCUT2D eigenvalue weighted by Crippen LogP contribution is -2.12. The molecule has 1 amide bonds. The van der Waals surface area contributed by atoms with Crippen LogP contribution in [0.1, 0.15) is 23.2 Å². The van der Waals surface area contributed by atoms with E-state index in [-0.39, 0.29) is 22.7 Å². The third kappa shape index (κ3) is 3.96. The van der Waals surface area contributed by atoms with Crippen LogP contribution in [-0.2, 0) is 4.74 Å². The molecule has 0 spiro atoms. The van der Waals surface area contributed by atoms with Gasteiger partial charge in [0.25, 0.3) is 5.91 Å². The fourth-order valence-electron chi connectivity index (χ4n) is 1.31. The fourth-order valence-corrected chi connectivity index (χ4v) is 1.55. The number of nitrogens with two attached hydrogens (primary N) is 1. The summed E-state index contributed by atoms with van der Waals surface area (Å²) in [5.74, 6) is -0.0838. The van der Waals surface area contributed by atoms with Gasteiger partial charge in [-0.2, -0.15) is 0 Å². The van der Waals surface area contributed by atoms with Crippen LogP contribution in [0, 0.1) is 5.41 Å². The first-order valence-electron chi connectivity index (χ1n) is 5.71. The van der Waals surface area contributed by atoms with Gasteiger partial charge in [0.15, 0.2) is 0 Å². The van der Waals surface area contributed by atoms with Gasteiger partial charge in [-0.3, -0.25) is 10.2 Å². The van der Waals surface area contributed by atoms with E-state index in [1.165, 1.54) is 18.3 Å². The molecule has 1 aromatic rings. The van der Waals surface area contributed by atoms with Crippen LogP contribution in [0.15, 0.2) is 24.4 Å². The zero-order valence-electron chi connectivity index (χ0n) is 10.0. The van der Waals surface area contributed by atoms with Crippen molar-refractivity contribution >= 4 is 29.2 Å². The van der Waals surface area contributed by atoms with Crippen LogP contribution >= 0.6 is 11.6 Å². The van der Waals surface area contributed by atoms with Gasteiger partial charge in [0.05, 0.1) is 5.56 Å². The molecular formula is C12H13ClN4O2. The predicted molar refractivity (Wildman–Crippen MR) is 72.4 cm³/mol. The Labute approximate surface area is 115 Å². The Kier molecular flexibility index (Phi) is 4.01. The summed E-state index contributed by atoms with van der Waals surface area (Å²) in [5.41, 5.74) is 5.28. The summed E-state index contributed by atoms with van der Waals surface area (Å²) < 4.78 is 5.22. The van der Waals surface area contributed by atoms with E-state index in [2.05, 4.69) is 10.3 Å². The maximum absolute atomic E-state index is 11.0. The smallest absolute Gasteiger partial charge is 0.251 e. The highest BCUT2D eigenvalue weighted by atomic mass is 35.5. The van der Waals surface area contributed by atoms with Gasteiger partial charge in [-0.25, -0.2) is 4.98 Å². The van der Waals surface area contributed by atoms with Crippen LogP contribution in [0.4, 0.5) is 5.82 Å². The molecule has 1 aromatic heterocycles. The molecule has 4 N–H and O–H groups in total. The van der Waals surface area contributed by atoms with Gasteiger partial charge in [0, 0.05) is 12.3 Å². The van der Waals surface area contributed by atoms with Crippen molar-refractivity contribution in [2.24, 2.45) is 5.73 Å². The molecule has 0 atom stereocenters. The number of carbonyl (C=O) groups is 1. The highest BCUT2D eigenvalue weighted by molar-refractivity contribution is 6.32. The molecule has 0 radical (unpaired) electrons. The molecule has 7 heteroatoms. The molecule has 19 heavy (non-hydrogen) atoms. The van der Waals surface area contributed by atoms with Crippen molar-refractivity contribution in [2.45, 2.75) is 18.9 Å². The molecule has 100 valence electrons. The third-order valence-corrected chi connectivity index (χ3v) is 2.69. The van der Waals surface area contributed by atoms with Crippen molar-refractivity contribution in [1.82, 2.24) is 4.98 Å². The Morgan fingerprint density at radius 3 is 2.89 bits per heavy atom. The van der Waals surface area contributed by atoms with Crippen molar-refractivity contribution in [2.75, 3.05) is 5.32 Å². The van der Waals surface area contributed by atoms with Crippen molar-refractivity contribution in [3.8, 4) is 0 Å². The number of hydrogen-bond acceptors (Lipinski definition) is 5. The summed E-state index contributed by atoms with van der Waals surface area (Å²) in [7, 11) is 0. The standard InChI is InChI=1S/C12H13ClN4O2/c13-11-8(12(15)18)3-4-10(17-11)16-6-5-9(14)19-7-1-2-7/h3-7,14H,1-2H2,(H2,15,18)(H,16,17)/b6-5-,14-9?. The Balaban J connectivity index is 1.91. The molecule has 6 nitrogen and oxygen atoms in total. The number of carbonyl (C=O) groups excluding carboxylic acids is 1. The maximum Gasteiger partial charge on any atom is 0.251 e. The molecule has 1 heterocycles. The first-order valence-corrected chi connectivity index (χ1v) is 6.08. The summed E-state index contributed by atoms with van der Waals surface area (Å²) in [6.45, 7) is 0. The van der Waals surface area contributed by atoms with E-state index in [1.807, 2.05) is 0 Å². The predicted octanol–water partition coefficient (Wildman–Crippen LogP) is 1.92. The summed E-state index contributed by atoms with van der Waals surface area (Å²) in [4.78, 5) is 14.9. The molecule has 0 aliphatic heterocycles. The Hall–Kier alpha value is -2.08. The number of halogens is 1. The van der Waals surface area contributed by atoms with E-state index in [0.717, 1.165) is 12.8 Å². The zero-order chi connectivity index (χ0) is 13.8. The molecular weight excluding hydrogens is 268 g/mol. The Morgan fingerprint density at radius 1 is 1.58 bits per heavy atom. The molecule has 0 saturated heterocycles. The number of ether oxygens (including phenoxy) is 1. The van der Waals surface area contributed by atoms with Crippen molar-refractivity contribution < 1.29 is 9.53 Å². The monoisotopic (exact) mass is 280 g/mol. The molecule has 1 fully saturated rings. The second-order valence-electron chi connectivity index (χ2n) is 4.06. The lowest BCUT2D eigenvalue weighted by molar-refractivity contribution is 0.1000. The number of rotatable bonds is 5. The summed E-state index contributed by atoms with van der Waals surface area (Å²) in [6.07, 6.45) is 5.22. The van der Waals surface area contributed by atoms with Crippen LogP contribution in [0.25, 0.3) is 0 Å². The summed E-state index contributed by atoms with van der Waals surface area (Å²) in [5, 5.41) is 10.4. The van der Waals surface area contributed by atoms with Crippen molar-refractivity contribution in [1.29, 1.82) is 5.41 Å². The first-order chi connectivity index (χ1) is 9.06. The highest BCUT2D eigenvalue weighted by Gasteiger charge is 2.23. The largest absolute Gasteiger partial charge is 0.475 e. The average Bonchev–Trinajstić information content (AvgIpc) is 3.12. The number of nitrogens with zero attached hydrogens (tertiary/aromatic N) is 1. The SMILES string of the molecule is N=C(/C=C\Nc1ccc(C(N)=O)c(Cl)n1)OC1CC1. The van der Waals surface area contributed by atoms with Crippen molar-refractivity contribution in [3.05, 3.63) is 35.1 Å². The van der Waals surface area contributed by atoms with Crippen LogP contribution in [0.3, 0.4) is 0 Å². The summed E-state index contributed by atoms with van der Waals surface area (Å²) in [6, 6.07) is 3.06. The van der Waals surface area contributed by atoms with E-state index in [0.29, 0.717) is 5.82 Å². The molecule has 0 bridgehead atoms. The molecule has 0 unspecified atom stereocenters. The minimum absolute atomic E-state index is 0.0372. The minimum atomic E-state index is -0.626. The zero-order valence-corrected chi connectivity index (χ0v) is 10.8. The lowest BCUT2D eigenvalue weighted by atomic mass is 10.3. The Bertz CT molecular complexity index is 541. The first kappa shape index (κ1) is 13.4. The number of primary amides is 1. The normalized spacial score (nSPS) is 14.4. The topological polar surface area (TPSA) is 101 Å². The highest BCUT2D eigenvalue weighted by Crippen LogP contribution is 2.23. The number of anilines is 1. The molecule has 2 rings (SSSR count). The average molecular weight is 281 g/mol. The van der Waals surface area contributed by atoms with Crippen LogP contribution in [0.5, 0.6) is 0 Å². The van der Waals surface area contributed by atoms with Gasteiger partial charge in [0.1, 0.15) is 17.1 Å². The number of hydrogen-bond donors (Lipinski definition) is 3. The number of pyridine rings is 1. The molecule has 1 aliphatic rings. The third-order valence-electron chi connectivity index (χ3n) is 2.40. The van der Waals surface area contributed by atoms with Gasteiger partial charge in [-0.05, 0) is 25.0 Å². The number of nitrogens with one attached hydrogen (secondary N) is 2. The van der Waals surface area contributed by atoms with Crippen LogP contribution in [-0.4, -0.2) is 22.9 Å². The van der Waals surface area contributed by atoms with E-state index < -0.39 is 5.91 Å². The molecule has 1 aliphatic carbocycles. The van der Waals surface area contributed by atoms with Gasteiger partial charge in [-0.15, -0.1) is 0 Å². The van der Waals surface area contributed by atoms with Crippen LogP contribution in [0.2, 0.25) is 5.15 Å². The second-order valence-corrected chi connectivity index (χ2v) is 4.42. The van der Waals surface area contributed by atoms with Gasteiger partial charge >= 0.3 is 0 Å². The second kappa shape index (κ2) is 5.71. The van der Waals surface area contributed by atoms with E-state index in [9.17, 15) is 4.79 Å². The van der Waals surface area contributed by atoms with E-state index >= 15 is 0 Å². The maximum atomic E-state index is 11.0. The molecule has 0 aromatic carbocycles. The van der Waals surface area contributed by atoms with E-state index in [4.69, 9.17) is 27.5 Å². The quantitative estimate of drug-likeness (QED) is 0.436. The van der Waals surface area contributed by atoms with Crippen molar-refractivity contribution in [3.63, 3.8) is 0 Å². The van der Waals surface area contributed by atoms with Gasteiger partial charge < -0.3 is 15.8 Å². The van der Waals surface area contributed by atoms with Crippen LogP contribution < -0.4 is 11.1 Å². The number of amides is 1. The van der Waals surface area contributed by atoms with E-state index in [1.54, 1.807) is 6.07 Å². The van der Waals surface area contributed by atoms with Gasteiger partial charge in [-0.1, -0.05) is 11.6 Å². The van der Waals surface area contributed by atoms with Gasteiger partial charge in [0.2, 0.25) is 5.90 Å². The minimum Gasteiger partial charge on any atom is -0.475 e. The summed E-state index contributed by atoms with van der Waals surface area (Å²) >= 11 is 5.80. The number of aromatic nitrogens is 1. The Morgan fingerprint density at radius 2 is 2.32 bits per heavy atom.